The summed E-state index contributed by atoms with van der Waals surface area (Å²) in [6.45, 7) is 3.42. The number of hydrogen-bond acceptors (Lipinski definition) is 5. The molecule has 2 fully saturated rings. The number of likely N-dealkylation sites (tertiary alicyclic amines) is 1. The Kier molecular flexibility index (Phi) is 7.69. The molecule has 1 aliphatic heterocycles. The third-order valence-corrected chi connectivity index (χ3v) is 7.01. The van der Waals surface area contributed by atoms with Crippen LogP contribution >= 0.6 is 0 Å². The molecule has 168 valence electrons. The van der Waals surface area contributed by atoms with Crippen LogP contribution in [0.3, 0.4) is 0 Å². The van der Waals surface area contributed by atoms with Gasteiger partial charge in [-0.3, -0.25) is 19.3 Å². The molecule has 2 amide bonds. The number of carbonyl (C=O) groups is 2. The van der Waals surface area contributed by atoms with Crippen LogP contribution in [0.25, 0.3) is 0 Å². The summed E-state index contributed by atoms with van der Waals surface area (Å²) < 4.78 is 0. The molecule has 0 aromatic heterocycles. The number of nitrogens with one attached hydrogen (secondary N) is 1. The van der Waals surface area contributed by atoms with E-state index >= 15 is 0 Å². The van der Waals surface area contributed by atoms with Gasteiger partial charge in [0.25, 0.3) is 5.91 Å². The lowest BCUT2D eigenvalue weighted by atomic mass is 9.81. The van der Waals surface area contributed by atoms with Crippen molar-refractivity contribution in [3.63, 3.8) is 0 Å². The highest BCUT2D eigenvalue weighted by molar-refractivity contribution is 5.87. The Bertz CT molecular complexity index is 803. The lowest BCUT2D eigenvalue weighted by molar-refractivity contribution is -0.141. The normalized spacial score (nSPS) is 24.3. The lowest BCUT2D eigenvalue weighted by Crippen LogP contribution is -2.49. The number of hydrogen-bond donors (Lipinski definition) is 2. The third kappa shape index (κ3) is 5.44. The zero-order chi connectivity index (χ0) is 22.3. The minimum absolute atomic E-state index is 0.247. The monoisotopic (exact) mass is 426 g/mol. The van der Waals surface area contributed by atoms with E-state index in [0.717, 1.165) is 12.0 Å². The number of nitrogens with two attached hydrogens (primary N) is 1. The second kappa shape index (κ2) is 10.3. The van der Waals surface area contributed by atoms with Crippen LogP contribution in [-0.2, 0) is 19.8 Å². The first-order valence-corrected chi connectivity index (χ1v) is 11.3. The Morgan fingerprint density at radius 1 is 1.29 bits per heavy atom. The first-order valence-electron chi connectivity index (χ1n) is 11.3. The second-order valence-electron chi connectivity index (χ2n) is 9.29. The molecule has 1 saturated carbocycles. The predicted octanol–water partition coefficient (Wildman–Crippen LogP) is 2.66. The molecule has 3 rings (SSSR count). The molecule has 31 heavy (non-hydrogen) atoms. The van der Waals surface area contributed by atoms with Gasteiger partial charge < -0.3 is 5.73 Å². The number of benzene rings is 1. The highest BCUT2D eigenvalue weighted by atomic mass is 16.6. The van der Waals surface area contributed by atoms with E-state index in [1.807, 2.05) is 42.2 Å². The maximum absolute atomic E-state index is 12.8. The molecular formula is C24H34N4O3. The Morgan fingerprint density at radius 3 is 2.65 bits per heavy atom. The summed E-state index contributed by atoms with van der Waals surface area (Å²) in [5, 5.41) is 9.80. The molecule has 1 aromatic carbocycles. The molecule has 1 saturated heterocycles. The summed E-state index contributed by atoms with van der Waals surface area (Å²) in [5.74, 6) is -0.160. The Labute approximate surface area is 184 Å². The molecule has 1 aliphatic carbocycles. The van der Waals surface area contributed by atoms with Gasteiger partial charge in [0.05, 0.1) is 18.1 Å². The average Bonchev–Trinajstić information content (AvgIpc) is 3.22. The van der Waals surface area contributed by atoms with Gasteiger partial charge in [-0.05, 0) is 31.2 Å². The molecule has 0 radical (unpaired) electrons. The van der Waals surface area contributed by atoms with E-state index in [9.17, 15) is 14.9 Å². The number of hydroxylamine groups is 1. The number of primary amides is 1. The standard InChI is InChI=1S/C24H34N4O3/c1-23(21(26)29,20-10-6-3-7-11-20)17-28-14-13-24(16-25,18-28)22(30)27-31-15-12-19-8-4-2-5-9-19/h3,6-7,10-11,19H,2,4-5,8-9,12-15,17-18H2,1H3,(H2,26,29)(H,27,30). The van der Waals surface area contributed by atoms with E-state index in [0.29, 0.717) is 32.0 Å². The van der Waals surface area contributed by atoms with Crippen LogP contribution < -0.4 is 11.2 Å². The molecule has 2 aliphatic rings. The number of rotatable bonds is 9. The van der Waals surface area contributed by atoms with Gasteiger partial charge >= 0.3 is 0 Å². The molecule has 0 spiro atoms. The third-order valence-electron chi connectivity index (χ3n) is 7.01. The zero-order valence-electron chi connectivity index (χ0n) is 18.4. The van der Waals surface area contributed by atoms with E-state index in [4.69, 9.17) is 10.6 Å². The molecule has 7 heteroatoms. The Balaban J connectivity index is 1.55. The quantitative estimate of drug-likeness (QED) is 0.466. The molecular weight excluding hydrogens is 392 g/mol. The summed E-state index contributed by atoms with van der Waals surface area (Å²) in [7, 11) is 0. The first kappa shape index (κ1) is 23.2. The number of nitrogens with zero attached hydrogens (tertiary/aromatic N) is 2. The maximum atomic E-state index is 12.8. The summed E-state index contributed by atoms with van der Waals surface area (Å²) in [6, 6.07) is 11.6. The van der Waals surface area contributed by atoms with Crippen molar-refractivity contribution < 1.29 is 14.4 Å². The van der Waals surface area contributed by atoms with Gasteiger partial charge in [0.1, 0.15) is 0 Å². The van der Waals surface area contributed by atoms with E-state index in [1.165, 1.54) is 32.1 Å². The van der Waals surface area contributed by atoms with Crippen LogP contribution in [-0.4, -0.2) is 43.0 Å². The van der Waals surface area contributed by atoms with Crippen molar-refractivity contribution in [1.82, 2.24) is 10.4 Å². The SMILES string of the molecule is CC(CN1CCC(C#N)(C(=O)NOCCC2CCCCC2)C1)(C(N)=O)c1ccccc1. The Hall–Kier alpha value is -2.43. The van der Waals surface area contributed by atoms with Gasteiger partial charge in [0.15, 0.2) is 5.41 Å². The summed E-state index contributed by atoms with van der Waals surface area (Å²) in [6.07, 6.45) is 7.65. The van der Waals surface area contributed by atoms with Gasteiger partial charge in [0.2, 0.25) is 5.91 Å². The van der Waals surface area contributed by atoms with Gasteiger partial charge in [0, 0.05) is 19.6 Å². The van der Waals surface area contributed by atoms with Gasteiger partial charge in [-0.1, -0.05) is 62.4 Å². The minimum atomic E-state index is -1.18. The van der Waals surface area contributed by atoms with Crippen molar-refractivity contribution in [1.29, 1.82) is 5.26 Å². The second-order valence-corrected chi connectivity index (χ2v) is 9.29. The maximum Gasteiger partial charge on any atom is 0.265 e. The van der Waals surface area contributed by atoms with Crippen LogP contribution in [0.1, 0.15) is 57.4 Å². The molecule has 1 aromatic rings. The Morgan fingerprint density at radius 2 is 2.00 bits per heavy atom. The molecule has 2 atom stereocenters. The van der Waals surface area contributed by atoms with Crippen LogP contribution in [0.15, 0.2) is 30.3 Å². The van der Waals surface area contributed by atoms with E-state index < -0.39 is 22.6 Å². The van der Waals surface area contributed by atoms with Crippen LogP contribution in [0.4, 0.5) is 0 Å². The van der Waals surface area contributed by atoms with Crippen molar-refractivity contribution in [2.75, 3.05) is 26.2 Å². The van der Waals surface area contributed by atoms with E-state index in [1.54, 1.807) is 0 Å². The summed E-state index contributed by atoms with van der Waals surface area (Å²) >= 11 is 0. The molecule has 3 N–H and O–H groups in total. The summed E-state index contributed by atoms with van der Waals surface area (Å²) in [5.41, 5.74) is 7.01. The van der Waals surface area contributed by atoms with Crippen molar-refractivity contribution in [2.45, 2.75) is 57.3 Å². The molecule has 2 unspecified atom stereocenters. The van der Waals surface area contributed by atoms with E-state index in [2.05, 4.69) is 11.5 Å². The number of carbonyl (C=O) groups excluding carboxylic acids is 2. The fraction of sp³-hybridized carbons (Fsp3) is 0.625. The molecule has 0 bridgehead atoms. The van der Waals surface area contributed by atoms with Crippen molar-refractivity contribution >= 4 is 11.8 Å². The molecule has 7 nitrogen and oxygen atoms in total. The van der Waals surface area contributed by atoms with Crippen LogP contribution in [0, 0.1) is 22.7 Å². The van der Waals surface area contributed by atoms with Crippen LogP contribution in [0.2, 0.25) is 0 Å². The van der Waals surface area contributed by atoms with Gasteiger partial charge in [-0.2, -0.15) is 5.26 Å². The van der Waals surface area contributed by atoms with Gasteiger partial charge in [-0.15, -0.1) is 0 Å². The lowest BCUT2D eigenvalue weighted by Gasteiger charge is -2.32. The number of nitriles is 1. The van der Waals surface area contributed by atoms with Crippen molar-refractivity contribution in [2.24, 2.45) is 17.1 Å². The number of amides is 2. The molecule has 1 heterocycles. The largest absolute Gasteiger partial charge is 0.369 e. The highest BCUT2D eigenvalue weighted by Gasteiger charge is 2.47. The summed E-state index contributed by atoms with van der Waals surface area (Å²) in [4.78, 5) is 32.5. The first-order chi connectivity index (χ1) is 14.9. The smallest absolute Gasteiger partial charge is 0.265 e. The van der Waals surface area contributed by atoms with Crippen LogP contribution in [0.5, 0.6) is 0 Å². The van der Waals surface area contributed by atoms with Crippen molar-refractivity contribution in [3.05, 3.63) is 35.9 Å². The zero-order valence-corrected chi connectivity index (χ0v) is 18.4. The predicted molar refractivity (Wildman–Crippen MR) is 117 cm³/mol. The highest BCUT2D eigenvalue weighted by Crippen LogP contribution is 2.34. The van der Waals surface area contributed by atoms with E-state index in [-0.39, 0.29) is 6.54 Å². The topological polar surface area (TPSA) is 108 Å². The fourth-order valence-electron chi connectivity index (χ4n) is 4.83. The fourth-order valence-corrected chi connectivity index (χ4v) is 4.83. The average molecular weight is 427 g/mol. The van der Waals surface area contributed by atoms with Gasteiger partial charge in [-0.25, -0.2) is 5.48 Å². The van der Waals surface area contributed by atoms with Crippen molar-refractivity contribution in [3.8, 4) is 6.07 Å². The minimum Gasteiger partial charge on any atom is -0.369 e.